The van der Waals surface area contributed by atoms with Gasteiger partial charge in [0.1, 0.15) is 6.04 Å². The van der Waals surface area contributed by atoms with E-state index >= 15 is 0 Å². The van der Waals surface area contributed by atoms with E-state index in [1.54, 1.807) is 12.1 Å². The van der Waals surface area contributed by atoms with Crippen LogP contribution in [0, 0.1) is 25.7 Å². The van der Waals surface area contributed by atoms with Gasteiger partial charge in [0, 0.05) is 25.0 Å². The number of aryl methyl sites for hydroxylation is 2. The molecular formula is C24H34N2O5S. The van der Waals surface area contributed by atoms with E-state index < -0.39 is 16.1 Å². The van der Waals surface area contributed by atoms with Crippen LogP contribution in [-0.2, 0) is 24.3 Å². The van der Waals surface area contributed by atoms with E-state index in [-0.39, 0.29) is 23.8 Å². The van der Waals surface area contributed by atoms with Crippen LogP contribution in [0.4, 0.5) is 0 Å². The molecule has 8 heteroatoms. The van der Waals surface area contributed by atoms with Gasteiger partial charge in [-0.15, -0.1) is 0 Å². The third kappa shape index (κ3) is 4.19. The second kappa shape index (κ2) is 9.14. The zero-order chi connectivity index (χ0) is 23.0. The zero-order valence-electron chi connectivity index (χ0n) is 19.2. The van der Waals surface area contributed by atoms with Crippen LogP contribution in [0.25, 0.3) is 0 Å². The van der Waals surface area contributed by atoms with Crippen LogP contribution in [0.2, 0.25) is 0 Å². The maximum atomic E-state index is 13.5. The van der Waals surface area contributed by atoms with E-state index in [9.17, 15) is 18.0 Å². The second-order valence-corrected chi connectivity index (χ2v) is 11.5. The fourth-order valence-electron chi connectivity index (χ4n) is 5.70. The number of hydrogen-bond acceptors (Lipinski definition) is 5. The summed E-state index contributed by atoms with van der Waals surface area (Å²) in [6, 6.07) is 4.81. The number of amides is 1. The Hall–Kier alpha value is -1.93. The predicted molar refractivity (Wildman–Crippen MR) is 120 cm³/mol. The fraction of sp³-hybridized carbons (Fsp3) is 0.667. The van der Waals surface area contributed by atoms with Crippen molar-refractivity contribution < 1.29 is 22.7 Å². The third-order valence-corrected chi connectivity index (χ3v) is 9.63. The molecule has 2 aliphatic heterocycles. The molecule has 2 heterocycles. The Bertz CT molecular complexity index is 984. The van der Waals surface area contributed by atoms with Crippen LogP contribution in [0.3, 0.4) is 0 Å². The standard InChI is InChI=1S/C24H34N2O5S/c1-16-8-9-20(14-17(16)2)32(29,30)25-12-10-18(11-13-25)23(27)26-21-7-5-4-6-19(21)15-22(26)24(28)31-3/h8-9,14,18-19,21-22H,4-7,10-13,15H2,1-3H3. The normalized spacial score (nSPS) is 27.2. The molecule has 32 heavy (non-hydrogen) atoms. The number of methoxy groups -OCH3 is 1. The molecule has 0 spiro atoms. The van der Waals surface area contributed by atoms with E-state index in [0.717, 1.165) is 36.8 Å². The Morgan fingerprint density at radius 3 is 2.34 bits per heavy atom. The van der Waals surface area contributed by atoms with Gasteiger partial charge in [-0.3, -0.25) is 4.79 Å². The van der Waals surface area contributed by atoms with Crippen LogP contribution in [0.15, 0.2) is 23.1 Å². The molecule has 3 aliphatic rings. The Balaban J connectivity index is 1.46. The minimum atomic E-state index is -3.58. The van der Waals surface area contributed by atoms with Crippen molar-refractivity contribution in [3.05, 3.63) is 29.3 Å². The van der Waals surface area contributed by atoms with Gasteiger partial charge in [-0.25, -0.2) is 13.2 Å². The van der Waals surface area contributed by atoms with Gasteiger partial charge in [0.05, 0.1) is 12.0 Å². The van der Waals surface area contributed by atoms with Gasteiger partial charge >= 0.3 is 5.97 Å². The number of fused-ring (bicyclic) bond motifs is 1. The maximum absolute atomic E-state index is 13.5. The number of benzene rings is 1. The van der Waals surface area contributed by atoms with Gasteiger partial charge in [-0.1, -0.05) is 18.9 Å². The van der Waals surface area contributed by atoms with Crippen molar-refractivity contribution in [2.75, 3.05) is 20.2 Å². The van der Waals surface area contributed by atoms with E-state index in [1.807, 2.05) is 24.8 Å². The van der Waals surface area contributed by atoms with Gasteiger partial charge < -0.3 is 9.64 Å². The molecule has 0 bridgehead atoms. The molecule has 1 saturated carbocycles. The summed E-state index contributed by atoms with van der Waals surface area (Å²) in [7, 11) is -2.20. The topological polar surface area (TPSA) is 84.0 Å². The van der Waals surface area contributed by atoms with E-state index in [2.05, 4.69) is 0 Å². The van der Waals surface area contributed by atoms with Crippen molar-refractivity contribution >= 4 is 21.9 Å². The van der Waals surface area contributed by atoms with Crippen LogP contribution in [-0.4, -0.2) is 61.8 Å². The summed E-state index contributed by atoms with van der Waals surface area (Å²) in [6.07, 6.45) is 5.84. The van der Waals surface area contributed by atoms with Crippen molar-refractivity contribution in [1.29, 1.82) is 0 Å². The Morgan fingerprint density at radius 1 is 1.00 bits per heavy atom. The highest BCUT2D eigenvalue weighted by Crippen LogP contribution is 2.41. The number of esters is 1. The first-order chi connectivity index (χ1) is 15.2. The quantitative estimate of drug-likeness (QED) is 0.642. The first-order valence-corrected chi connectivity index (χ1v) is 13.2. The number of piperidine rings is 1. The lowest BCUT2D eigenvalue weighted by atomic mass is 9.84. The Morgan fingerprint density at radius 2 is 1.69 bits per heavy atom. The van der Waals surface area contributed by atoms with Crippen molar-refractivity contribution in [1.82, 2.24) is 9.21 Å². The third-order valence-electron chi connectivity index (χ3n) is 7.74. The van der Waals surface area contributed by atoms with Gasteiger partial charge in [0.15, 0.2) is 0 Å². The molecule has 1 aromatic rings. The van der Waals surface area contributed by atoms with Gasteiger partial charge in [0.2, 0.25) is 15.9 Å². The molecule has 1 aliphatic carbocycles. The fourth-order valence-corrected chi connectivity index (χ4v) is 7.26. The Labute approximate surface area is 191 Å². The summed E-state index contributed by atoms with van der Waals surface area (Å²) in [5.74, 6) is -0.225. The predicted octanol–water partition coefficient (Wildman–Crippen LogP) is 3.04. The molecular weight excluding hydrogens is 428 g/mol. The smallest absolute Gasteiger partial charge is 0.328 e. The maximum Gasteiger partial charge on any atom is 0.328 e. The lowest BCUT2D eigenvalue weighted by Gasteiger charge is -2.38. The number of carbonyl (C=O) groups is 2. The molecule has 1 amide bonds. The minimum absolute atomic E-state index is 0.00183. The summed E-state index contributed by atoms with van der Waals surface area (Å²) in [5, 5.41) is 0. The molecule has 2 saturated heterocycles. The highest BCUT2D eigenvalue weighted by molar-refractivity contribution is 7.89. The summed E-state index contributed by atoms with van der Waals surface area (Å²) >= 11 is 0. The average Bonchev–Trinajstić information content (AvgIpc) is 3.19. The largest absolute Gasteiger partial charge is 0.467 e. The Kier molecular flexibility index (Phi) is 6.63. The SMILES string of the molecule is COC(=O)C1CC2CCCCC2N1C(=O)C1CCN(S(=O)(=O)c2ccc(C)c(C)c2)CC1. The van der Waals surface area contributed by atoms with Crippen LogP contribution >= 0.6 is 0 Å². The number of sulfonamides is 1. The number of hydrogen-bond donors (Lipinski definition) is 0. The minimum Gasteiger partial charge on any atom is -0.467 e. The highest BCUT2D eigenvalue weighted by atomic mass is 32.2. The first-order valence-electron chi connectivity index (χ1n) is 11.7. The van der Waals surface area contributed by atoms with Crippen LogP contribution in [0.1, 0.15) is 56.1 Å². The van der Waals surface area contributed by atoms with Crippen molar-refractivity contribution in [3.8, 4) is 0 Å². The van der Waals surface area contributed by atoms with Crippen molar-refractivity contribution in [2.24, 2.45) is 11.8 Å². The molecule has 0 N–H and O–H groups in total. The number of likely N-dealkylation sites (tertiary alicyclic amines) is 1. The highest BCUT2D eigenvalue weighted by Gasteiger charge is 2.49. The summed E-state index contributed by atoms with van der Waals surface area (Å²) in [5.41, 5.74) is 2.00. The van der Waals surface area contributed by atoms with Crippen molar-refractivity contribution in [2.45, 2.75) is 75.8 Å². The molecule has 1 aromatic carbocycles. The van der Waals surface area contributed by atoms with Crippen molar-refractivity contribution in [3.63, 3.8) is 0 Å². The van der Waals surface area contributed by atoms with E-state index in [1.165, 1.54) is 11.4 Å². The summed E-state index contributed by atoms with van der Waals surface area (Å²) in [4.78, 5) is 28.1. The lowest BCUT2D eigenvalue weighted by Crippen LogP contribution is -2.51. The molecule has 3 unspecified atom stereocenters. The van der Waals surface area contributed by atoms with Crippen LogP contribution < -0.4 is 0 Å². The average molecular weight is 463 g/mol. The second-order valence-electron chi connectivity index (χ2n) is 9.56. The number of ether oxygens (including phenoxy) is 1. The molecule has 3 fully saturated rings. The molecule has 0 radical (unpaired) electrons. The molecule has 7 nitrogen and oxygen atoms in total. The van der Waals surface area contributed by atoms with E-state index in [4.69, 9.17) is 4.74 Å². The van der Waals surface area contributed by atoms with Gasteiger partial charge in [-0.2, -0.15) is 4.31 Å². The van der Waals surface area contributed by atoms with Gasteiger partial charge in [-0.05, 0) is 75.1 Å². The molecule has 0 aromatic heterocycles. The van der Waals surface area contributed by atoms with Crippen LogP contribution in [0.5, 0.6) is 0 Å². The first kappa shape index (κ1) is 23.2. The summed E-state index contributed by atoms with van der Waals surface area (Å²) in [6.45, 7) is 4.50. The summed E-state index contributed by atoms with van der Waals surface area (Å²) < 4.78 is 32.8. The molecule has 4 rings (SSSR count). The van der Waals surface area contributed by atoms with E-state index in [0.29, 0.717) is 43.2 Å². The molecule has 176 valence electrons. The molecule has 3 atom stereocenters. The zero-order valence-corrected chi connectivity index (χ0v) is 20.1. The monoisotopic (exact) mass is 462 g/mol. The number of rotatable bonds is 4. The lowest BCUT2D eigenvalue weighted by molar-refractivity contribution is -0.154. The number of carbonyl (C=O) groups excluding carboxylic acids is 2. The number of nitrogens with zero attached hydrogens (tertiary/aromatic N) is 2. The van der Waals surface area contributed by atoms with Gasteiger partial charge in [0.25, 0.3) is 0 Å².